The lowest BCUT2D eigenvalue weighted by atomic mass is 9.72. The average Bonchev–Trinajstić information content (AvgIpc) is 2.64. The summed E-state index contributed by atoms with van der Waals surface area (Å²) in [5, 5.41) is 0. The summed E-state index contributed by atoms with van der Waals surface area (Å²) >= 11 is 0. The largest absolute Gasteiger partial charge is 0.258 e. The van der Waals surface area contributed by atoms with Gasteiger partial charge in [0.05, 0.1) is 9.49 Å². The number of allylic oxidation sites excluding steroid dienone is 2. The molecule has 5 atom stereocenters. The molecule has 0 aliphatic carbocycles. The topological polar surface area (TPSA) is 51.2 Å². The lowest BCUT2D eigenvalue weighted by molar-refractivity contribution is 0.388. The van der Waals surface area contributed by atoms with Gasteiger partial charge in [-0.05, 0) is 27.7 Å². The van der Waals surface area contributed by atoms with Crippen LogP contribution in [0.25, 0.3) is 0 Å². The first-order valence-electron chi connectivity index (χ1n) is 5.68. The van der Waals surface area contributed by atoms with Gasteiger partial charge >= 0.3 is 0 Å². The molecule has 2 bridgehead atoms. The van der Waals surface area contributed by atoms with Crippen LogP contribution in [0, 0.1) is 5.92 Å². The maximum absolute atomic E-state index is 12.6. The van der Waals surface area contributed by atoms with Crippen molar-refractivity contribution in [2.24, 2.45) is 5.92 Å². The van der Waals surface area contributed by atoms with Crippen LogP contribution in [0.2, 0.25) is 0 Å². The summed E-state index contributed by atoms with van der Waals surface area (Å²) < 4.78 is 35.4. The Kier molecular flexibility index (Phi) is 1.79. The van der Waals surface area contributed by atoms with Gasteiger partial charge in [-0.15, -0.1) is 0 Å². The minimum absolute atomic E-state index is 0.171. The summed E-state index contributed by atoms with van der Waals surface area (Å²) in [6, 6.07) is 0. The molecule has 3 aliphatic rings. The van der Waals surface area contributed by atoms with E-state index in [0.717, 1.165) is 0 Å². The first kappa shape index (κ1) is 11.7. The van der Waals surface area contributed by atoms with Crippen molar-refractivity contribution in [2.75, 3.05) is 0 Å². The van der Waals surface area contributed by atoms with Crippen molar-refractivity contribution in [1.29, 1.82) is 0 Å². The third-order valence-electron chi connectivity index (χ3n) is 5.10. The summed E-state index contributed by atoms with van der Waals surface area (Å²) in [5.41, 5.74) is 0. The highest BCUT2D eigenvalue weighted by Crippen LogP contribution is 2.65. The van der Waals surface area contributed by atoms with E-state index in [1.807, 2.05) is 32.1 Å². The lowest BCUT2D eigenvalue weighted by Gasteiger charge is -2.38. The second-order valence-electron chi connectivity index (χ2n) is 5.76. The minimum atomic E-state index is -3.35. The van der Waals surface area contributed by atoms with Gasteiger partial charge in [0.1, 0.15) is 4.75 Å². The van der Waals surface area contributed by atoms with Crippen molar-refractivity contribution in [3.63, 3.8) is 0 Å². The molecule has 0 aromatic carbocycles. The second-order valence-corrected chi connectivity index (χ2v) is 10.5. The van der Waals surface area contributed by atoms with E-state index in [2.05, 4.69) is 0 Å². The molecule has 0 radical (unpaired) electrons. The Hall–Kier alpha value is -0.420. The van der Waals surface area contributed by atoms with Gasteiger partial charge < -0.3 is 0 Å². The third-order valence-corrected chi connectivity index (χ3v) is 10.5. The summed E-state index contributed by atoms with van der Waals surface area (Å²) in [5.74, 6) is -0.171. The normalized spacial score (nSPS) is 58.2. The fourth-order valence-corrected chi connectivity index (χ4v) is 8.94. The Balaban J connectivity index is 2.42. The Morgan fingerprint density at radius 1 is 1.24 bits per heavy atom. The standard InChI is InChI=1S/C12H16O3S2/c1-8-7-9-10(2)5-6-11(3,16(10)13)12(9,4)17(8,14)15/h5-7,9H,1-4H3/t9?,10-,11+,12?,16?/m1/s1. The van der Waals surface area contributed by atoms with Crippen molar-refractivity contribution >= 4 is 20.6 Å². The zero-order valence-electron chi connectivity index (χ0n) is 10.4. The van der Waals surface area contributed by atoms with Crippen molar-refractivity contribution < 1.29 is 12.6 Å². The first-order chi connectivity index (χ1) is 7.62. The Bertz CT molecular complexity index is 616. The van der Waals surface area contributed by atoms with Gasteiger partial charge in [0.2, 0.25) is 0 Å². The summed E-state index contributed by atoms with van der Waals surface area (Å²) in [4.78, 5) is 0.433. The van der Waals surface area contributed by atoms with Crippen LogP contribution >= 0.6 is 0 Å². The lowest BCUT2D eigenvalue weighted by Crippen LogP contribution is -2.53. The summed E-state index contributed by atoms with van der Waals surface area (Å²) in [7, 11) is -4.52. The molecule has 0 spiro atoms. The third kappa shape index (κ3) is 0.837. The summed E-state index contributed by atoms with van der Waals surface area (Å²) in [6.45, 7) is 7.13. The second kappa shape index (κ2) is 2.62. The van der Waals surface area contributed by atoms with E-state index >= 15 is 0 Å². The van der Waals surface area contributed by atoms with Crippen LogP contribution in [0.1, 0.15) is 27.7 Å². The molecular weight excluding hydrogens is 256 g/mol. The van der Waals surface area contributed by atoms with Crippen LogP contribution in [0.3, 0.4) is 0 Å². The van der Waals surface area contributed by atoms with Gasteiger partial charge in [-0.25, -0.2) is 8.42 Å². The number of rotatable bonds is 0. The van der Waals surface area contributed by atoms with Gasteiger partial charge in [0, 0.05) is 21.6 Å². The predicted octanol–water partition coefficient (Wildman–Crippen LogP) is 1.54. The van der Waals surface area contributed by atoms with Gasteiger partial charge in [0.25, 0.3) is 0 Å². The predicted molar refractivity (Wildman–Crippen MR) is 68.7 cm³/mol. The van der Waals surface area contributed by atoms with Crippen molar-refractivity contribution in [2.45, 2.75) is 41.9 Å². The first-order valence-corrected chi connectivity index (χ1v) is 8.31. The molecule has 0 saturated carbocycles. The quantitative estimate of drug-likeness (QED) is 0.629. The summed E-state index contributed by atoms with van der Waals surface area (Å²) in [6.07, 6.45) is 5.60. The maximum Gasteiger partial charge on any atom is 0.181 e. The molecule has 94 valence electrons. The Morgan fingerprint density at radius 2 is 1.82 bits per heavy atom. The molecule has 0 amide bonds. The van der Waals surface area contributed by atoms with Crippen LogP contribution in [0.4, 0.5) is 0 Å². The molecule has 1 fully saturated rings. The highest BCUT2D eigenvalue weighted by molar-refractivity contribution is 7.99. The zero-order chi connectivity index (χ0) is 12.9. The minimum Gasteiger partial charge on any atom is -0.258 e. The molecule has 3 heterocycles. The SMILES string of the molecule is CC1=CC2C(C)([C@]3(C)C=C[C@@]2(C)S3=O)S1(=O)=O. The molecule has 0 N–H and O–H groups in total. The van der Waals surface area contributed by atoms with Crippen LogP contribution in [-0.4, -0.2) is 26.9 Å². The van der Waals surface area contributed by atoms with E-state index in [9.17, 15) is 12.6 Å². The average molecular weight is 272 g/mol. The molecule has 1 saturated heterocycles. The number of hydrogen-bond donors (Lipinski definition) is 0. The van der Waals surface area contributed by atoms with Crippen LogP contribution in [-0.2, 0) is 20.6 Å². The van der Waals surface area contributed by atoms with E-state index in [4.69, 9.17) is 0 Å². The van der Waals surface area contributed by atoms with Crippen molar-refractivity contribution in [3.05, 3.63) is 23.1 Å². The van der Waals surface area contributed by atoms with E-state index in [-0.39, 0.29) is 5.92 Å². The molecule has 3 rings (SSSR count). The Morgan fingerprint density at radius 3 is 2.35 bits per heavy atom. The van der Waals surface area contributed by atoms with Crippen LogP contribution < -0.4 is 0 Å². The van der Waals surface area contributed by atoms with Gasteiger partial charge in [-0.3, -0.25) is 4.21 Å². The van der Waals surface area contributed by atoms with E-state index in [1.165, 1.54) is 0 Å². The molecule has 0 aromatic rings. The number of sulfone groups is 1. The highest BCUT2D eigenvalue weighted by atomic mass is 32.2. The molecule has 5 heteroatoms. The number of hydrogen-bond acceptors (Lipinski definition) is 3. The smallest absolute Gasteiger partial charge is 0.181 e. The van der Waals surface area contributed by atoms with E-state index < -0.39 is 34.9 Å². The molecule has 3 unspecified atom stereocenters. The maximum atomic E-state index is 12.6. The van der Waals surface area contributed by atoms with Crippen molar-refractivity contribution in [1.82, 2.24) is 0 Å². The van der Waals surface area contributed by atoms with E-state index in [1.54, 1.807) is 13.8 Å². The fourth-order valence-electron chi connectivity index (χ4n) is 3.75. The molecular formula is C12H16O3S2. The molecule has 3 nitrogen and oxygen atoms in total. The molecule has 17 heavy (non-hydrogen) atoms. The van der Waals surface area contributed by atoms with Gasteiger partial charge in [-0.1, -0.05) is 18.2 Å². The molecule has 0 aromatic heterocycles. The zero-order valence-corrected chi connectivity index (χ0v) is 12.0. The monoisotopic (exact) mass is 272 g/mol. The Labute approximate surface area is 104 Å². The molecule has 3 aliphatic heterocycles. The van der Waals surface area contributed by atoms with Gasteiger partial charge in [0.15, 0.2) is 9.84 Å². The van der Waals surface area contributed by atoms with Crippen LogP contribution in [0.5, 0.6) is 0 Å². The van der Waals surface area contributed by atoms with Crippen molar-refractivity contribution in [3.8, 4) is 0 Å². The number of fused-ring (bicyclic) bond motifs is 5. The van der Waals surface area contributed by atoms with Crippen LogP contribution in [0.15, 0.2) is 23.1 Å². The van der Waals surface area contributed by atoms with Gasteiger partial charge in [-0.2, -0.15) is 0 Å². The highest BCUT2D eigenvalue weighted by Gasteiger charge is 2.76. The van der Waals surface area contributed by atoms with E-state index in [0.29, 0.717) is 4.91 Å². The fraction of sp³-hybridized carbons (Fsp3) is 0.667.